The fourth-order valence-corrected chi connectivity index (χ4v) is 4.91. The molecule has 1 N–H and O–H groups in total. The van der Waals surface area contributed by atoms with Crippen LogP contribution in [0.25, 0.3) is 0 Å². The van der Waals surface area contributed by atoms with E-state index in [-0.39, 0.29) is 4.75 Å². The first-order chi connectivity index (χ1) is 7.77. The predicted octanol–water partition coefficient (Wildman–Crippen LogP) is 2.95. The van der Waals surface area contributed by atoms with Crippen molar-refractivity contribution < 1.29 is 4.21 Å². The Bertz CT molecular complexity index is 272. The number of rotatable bonds is 3. The van der Waals surface area contributed by atoms with Crippen LogP contribution in [-0.4, -0.2) is 26.8 Å². The summed E-state index contributed by atoms with van der Waals surface area (Å²) in [5, 5.41) is 3.87. The van der Waals surface area contributed by atoms with E-state index in [0.717, 1.165) is 12.5 Å². The summed E-state index contributed by atoms with van der Waals surface area (Å²) >= 11 is 0. The minimum absolute atomic E-state index is 0.104. The second kappa shape index (κ2) is 5.83. The standard InChI is InChI=1S/C14H29NOS/c1-7-15-12-9-10(2)8-11(3)13(12)17(16)14(4,5)6/h10-13,15H,7-9H2,1-6H3. The first kappa shape index (κ1) is 15.2. The zero-order valence-corrected chi connectivity index (χ0v) is 13.1. The van der Waals surface area contributed by atoms with Crippen LogP contribution in [-0.2, 0) is 10.8 Å². The van der Waals surface area contributed by atoms with Crippen LogP contribution in [0.4, 0.5) is 0 Å². The smallest absolute Gasteiger partial charge is 0.0532 e. The largest absolute Gasteiger partial charge is 0.313 e. The molecule has 2 nitrogen and oxygen atoms in total. The predicted molar refractivity (Wildman–Crippen MR) is 76.7 cm³/mol. The Morgan fingerprint density at radius 2 is 1.82 bits per heavy atom. The molecule has 0 aliphatic heterocycles. The summed E-state index contributed by atoms with van der Waals surface area (Å²) in [6.07, 6.45) is 2.39. The Labute approximate surface area is 109 Å². The van der Waals surface area contributed by atoms with Gasteiger partial charge in [-0.3, -0.25) is 4.21 Å². The van der Waals surface area contributed by atoms with Crippen molar-refractivity contribution >= 4 is 10.8 Å². The molecule has 102 valence electrons. The molecule has 0 saturated heterocycles. The third kappa shape index (κ3) is 3.78. The highest BCUT2D eigenvalue weighted by Gasteiger charge is 2.40. The van der Waals surface area contributed by atoms with Gasteiger partial charge in [0.05, 0.1) is 5.25 Å². The van der Waals surface area contributed by atoms with Crippen molar-refractivity contribution in [2.75, 3.05) is 6.54 Å². The van der Waals surface area contributed by atoms with Crippen molar-refractivity contribution in [3.63, 3.8) is 0 Å². The maximum absolute atomic E-state index is 12.7. The number of hydrogen-bond acceptors (Lipinski definition) is 2. The van der Waals surface area contributed by atoms with Crippen molar-refractivity contribution in [2.45, 2.75) is 70.4 Å². The molecule has 5 unspecified atom stereocenters. The molecule has 1 saturated carbocycles. The van der Waals surface area contributed by atoms with Crippen molar-refractivity contribution in [3.05, 3.63) is 0 Å². The molecule has 0 spiro atoms. The van der Waals surface area contributed by atoms with Crippen LogP contribution in [0.3, 0.4) is 0 Å². The fourth-order valence-electron chi connectivity index (χ4n) is 3.06. The molecule has 0 aromatic rings. The summed E-state index contributed by atoms with van der Waals surface area (Å²) in [5.74, 6) is 1.31. The topological polar surface area (TPSA) is 29.1 Å². The maximum atomic E-state index is 12.7. The summed E-state index contributed by atoms with van der Waals surface area (Å²) in [6.45, 7) is 14.0. The molecular formula is C14H29NOS. The summed E-state index contributed by atoms with van der Waals surface area (Å²) in [7, 11) is -0.763. The van der Waals surface area contributed by atoms with Crippen LogP contribution in [0, 0.1) is 11.8 Å². The Morgan fingerprint density at radius 1 is 1.24 bits per heavy atom. The molecular weight excluding hydrogens is 230 g/mol. The monoisotopic (exact) mass is 259 g/mol. The SMILES string of the molecule is CCNC1CC(C)CC(C)C1S(=O)C(C)(C)C. The van der Waals surface area contributed by atoms with Gasteiger partial charge in [-0.2, -0.15) is 0 Å². The molecule has 0 aromatic carbocycles. The van der Waals surface area contributed by atoms with E-state index in [0.29, 0.717) is 17.2 Å². The van der Waals surface area contributed by atoms with Crippen LogP contribution in [0.1, 0.15) is 54.4 Å². The lowest BCUT2D eigenvalue weighted by atomic mass is 9.80. The minimum atomic E-state index is -0.763. The zero-order chi connectivity index (χ0) is 13.2. The van der Waals surface area contributed by atoms with E-state index in [1.54, 1.807) is 0 Å². The van der Waals surface area contributed by atoms with Gasteiger partial charge in [0.1, 0.15) is 0 Å². The lowest BCUT2D eigenvalue weighted by Crippen LogP contribution is -2.53. The van der Waals surface area contributed by atoms with Crippen LogP contribution >= 0.6 is 0 Å². The Morgan fingerprint density at radius 3 is 2.29 bits per heavy atom. The average molecular weight is 259 g/mol. The van der Waals surface area contributed by atoms with Crippen molar-refractivity contribution in [2.24, 2.45) is 11.8 Å². The van der Waals surface area contributed by atoms with E-state index in [2.05, 4.69) is 46.9 Å². The molecule has 1 aliphatic carbocycles. The first-order valence-electron chi connectivity index (χ1n) is 6.91. The normalized spacial score (nSPS) is 36.8. The van der Waals surface area contributed by atoms with E-state index in [9.17, 15) is 4.21 Å². The van der Waals surface area contributed by atoms with Gasteiger partial charge in [0, 0.05) is 21.6 Å². The molecule has 1 fully saturated rings. The number of nitrogens with one attached hydrogen (secondary N) is 1. The third-order valence-electron chi connectivity index (χ3n) is 3.70. The van der Waals surface area contributed by atoms with E-state index in [1.165, 1.54) is 12.8 Å². The lowest BCUT2D eigenvalue weighted by Gasteiger charge is -2.42. The van der Waals surface area contributed by atoms with E-state index >= 15 is 0 Å². The van der Waals surface area contributed by atoms with E-state index in [1.807, 2.05) is 0 Å². The Kier molecular flexibility index (Phi) is 5.21. The van der Waals surface area contributed by atoms with Gasteiger partial charge in [-0.1, -0.05) is 20.8 Å². The van der Waals surface area contributed by atoms with Crippen LogP contribution in [0.15, 0.2) is 0 Å². The molecule has 0 radical (unpaired) electrons. The molecule has 1 rings (SSSR count). The van der Waals surface area contributed by atoms with Crippen molar-refractivity contribution in [1.82, 2.24) is 5.32 Å². The van der Waals surface area contributed by atoms with Gasteiger partial charge in [0.15, 0.2) is 0 Å². The van der Waals surface area contributed by atoms with Crippen molar-refractivity contribution in [1.29, 1.82) is 0 Å². The average Bonchev–Trinajstić information content (AvgIpc) is 2.15. The molecule has 17 heavy (non-hydrogen) atoms. The maximum Gasteiger partial charge on any atom is 0.0532 e. The van der Waals surface area contributed by atoms with Crippen LogP contribution in [0.5, 0.6) is 0 Å². The second-order valence-electron chi connectivity index (χ2n) is 6.59. The summed E-state index contributed by atoms with van der Waals surface area (Å²) in [4.78, 5) is 0. The molecule has 5 atom stereocenters. The van der Waals surface area contributed by atoms with Gasteiger partial charge < -0.3 is 5.32 Å². The lowest BCUT2D eigenvalue weighted by molar-refractivity contribution is 0.246. The molecule has 0 bridgehead atoms. The zero-order valence-electron chi connectivity index (χ0n) is 12.2. The van der Waals surface area contributed by atoms with Gasteiger partial charge in [-0.05, 0) is 52.0 Å². The molecule has 0 aromatic heterocycles. The Hall–Kier alpha value is 0.110. The quantitative estimate of drug-likeness (QED) is 0.844. The van der Waals surface area contributed by atoms with Crippen LogP contribution in [0.2, 0.25) is 0 Å². The summed E-state index contributed by atoms with van der Waals surface area (Å²) in [5.41, 5.74) is 0. The molecule has 1 aliphatic rings. The van der Waals surface area contributed by atoms with Gasteiger partial charge in [-0.25, -0.2) is 0 Å². The summed E-state index contributed by atoms with van der Waals surface area (Å²) < 4.78 is 12.6. The van der Waals surface area contributed by atoms with E-state index < -0.39 is 10.8 Å². The molecule has 3 heteroatoms. The van der Waals surface area contributed by atoms with Gasteiger partial charge >= 0.3 is 0 Å². The summed E-state index contributed by atoms with van der Waals surface area (Å²) in [6, 6.07) is 0.429. The molecule has 0 heterocycles. The first-order valence-corrected chi connectivity index (χ1v) is 8.12. The third-order valence-corrected chi connectivity index (χ3v) is 6.20. The van der Waals surface area contributed by atoms with Crippen LogP contribution < -0.4 is 5.32 Å². The highest BCUT2D eigenvalue weighted by atomic mass is 32.2. The van der Waals surface area contributed by atoms with Gasteiger partial charge in [0.2, 0.25) is 0 Å². The second-order valence-corrected chi connectivity index (χ2v) is 8.96. The highest BCUT2D eigenvalue weighted by Crippen LogP contribution is 2.35. The van der Waals surface area contributed by atoms with Gasteiger partial charge in [-0.15, -0.1) is 0 Å². The highest BCUT2D eigenvalue weighted by molar-refractivity contribution is 7.87. The van der Waals surface area contributed by atoms with E-state index in [4.69, 9.17) is 0 Å². The van der Waals surface area contributed by atoms with Crippen molar-refractivity contribution in [3.8, 4) is 0 Å². The fraction of sp³-hybridized carbons (Fsp3) is 1.00. The number of hydrogen-bond donors (Lipinski definition) is 1. The minimum Gasteiger partial charge on any atom is -0.313 e. The van der Waals surface area contributed by atoms with Gasteiger partial charge in [0.25, 0.3) is 0 Å². The Balaban J connectivity index is 2.87. The molecule has 0 amide bonds.